The van der Waals surface area contributed by atoms with E-state index < -0.39 is 0 Å². The van der Waals surface area contributed by atoms with Gasteiger partial charge in [0.25, 0.3) is 0 Å². The normalized spacial score (nSPS) is 25.6. The number of benzene rings is 1. The Hall–Kier alpha value is -1.39. The maximum atomic E-state index is 11.2. The van der Waals surface area contributed by atoms with E-state index in [2.05, 4.69) is 16.7 Å². The Balaban J connectivity index is 1.61. The SMILES string of the molecule is CC(=O)Nc1ccccc1CNC1CCOC1C1CC1. The molecule has 1 amide bonds. The van der Waals surface area contributed by atoms with E-state index in [0.717, 1.165) is 36.7 Å². The third-order valence-electron chi connectivity index (χ3n) is 4.11. The first-order chi connectivity index (χ1) is 9.74. The molecule has 1 heterocycles. The lowest BCUT2D eigenvalue weighted by Crippen LogP contribution is -2.37. The number of para-hydroxylation sites is 1. The molecule has 3 rings (SSSR count). The van der Waals surface area contributed by atoms with E-state index in [9.17, 15) is 4.79 Å². The van der Waals surface area contributed by atoms with Crippen molar-refractivity contribution >= 4 is 11.6 Å². The molecule has 2 atom stereocenters. The van der Waals surface area contributed by atoms with E-state index >= 15 is 0 Å². The van der Waals surface area contributed by atoms with Crippen LogP contribution in [-0.4, -0.2) is 24.7 Å². The summed E-state index contributed by atoms with van der Waals surface area (Å²) >= 11 is 0. The number of ether oxygens (including phenoxy) is 1. The third kappa shape index (κ3) is 3.19. The summed E-state index contributed by atoms with van der Waals surface area (Å²) in [7, 11) is 0. The van der Waals surface area contributed by atoms with Crippen LogP contribution in [0.3, 0.4) is 0 Å². The Kier molecular flexibility index (Phi) is 4.03. The molecule has 0 bridgehead atoms. The summed E-state index contributed by atoms with van der Waals surface area (Å²) in [6.07, 6.45) is 4.10. The zero-order valence-corrected chi connectivity index (χ0v) is 11.9. The fraction of sp³-hybridized carbons (Fsp3) is 0.562. The second kappa shape index (κ2) is 5.94. The zero-order chi connectivity index (χ0) is 13.9. The van der Waals surface area contributed by atoms with Gasteiger partial charge in [0, 0.05) is 31.8 Å². The molecule has 0 radical (unpaired) electrons. The summed E-state index contributed by atoms with van der Waals surface area (Å²) in [5, 5.41) is 6.49. The fourth-order valence-electron chi connectivity index (χ4n) is 2.95. The van der Waals surface area contributed by atoms with Crippen LogP contribution in [-0.2, 0) is 16.1 Å². The van der Waals surface area contributed by atoms with Crippen LogP contribution in [0.25, 0.3) is 0 Å². The maximum Gasteiger partial charge on any atom is 0.221 e. The minimum Gasteiger partial charge on any atom is -0.376 e. The van der Waals surface area contributed by atoms with E-state index in [4.69, 9.17) is 4.74 Å². The van der Waals surface area contributed by atoms with Crippen molar-refractivity contribution in [3.8, 4) is 0 Å². The Bertz CT molecular complexity index is 485. The highest BCUT2D eigenvalue weighted by Gasteiger charge is 2.40. The summed E-state index contributed by atoms with van der Waals surface area (Å²) in [4.78, 5) is 11.2. The molecule has 0 aromatic heterocycles. The number of nitrogens with one attached hydrogen (secondary N) is 2. The van der Waals surface area contributed by atoms with Crippen LogP contribution in [0.2, 0.25) is 0 Å². The van der Waals surface area contributed by atoms with Gasteiger partial charge in [0.05, 0.1) is 6.10 Å². The van der Waals surface area contributed by atoms with Crippen LogP contribution in [0.1, 0.15) is 31.7 Å². The van der Waals surface area contributed by atoms with Gasteiger partial charge < -0.3 is 15.4 Å². The van der Waals surface area contributed by atoms with Gasteiger partial charge >= 0.3 is 0 Å². The molecule has 2 aliphatic rings. The van der Waals surface area contributed by atoms with Crippen molar-refractivity contribution in [2.75, 3.05) is 11.9 Å². The molecule has 4 nitrogen and oxygen atoms in total. The summed E-state index contributed by atoms with van der Waals surface area (Å²) in [6.45, 7) is 3.18. The monoisotopic (exact) mass is 274 g/mol. The van der Waals surface area contributed by atoms with Crippen molar-refractivity contribution in [3.63, 3.8) is 0 Å². The predicted molar refractivity (Wildman–Crippen MR) is 78.5 cm³/mol. The average Bonchev–Trinajstić information content (AvgIpc) is 3.16. The molecule has 1 aliphatic heterocycles. The van der Waals surface area contributed by atoms with Crippen molar-refractivity contribution in [2.24, 2.45) is 5.92 Å². The van der Waals surface area contributed by atoms with E-state index in [0.29, 0.717) is 12.1 Å². The first-order valence-corrected chi connectivity index (χ1v) is 7.44. The first-order valence-electron chi connectivity index (χ1n) is 7.44. The number of amides is 1. The van der Waals surface area contributed by atoms with Gasteiger partial charge in [-0.25, -0.2) is 0 Å². The molecule has 4 heteroatoms. The minimum absolute atomic E-state index is 0.0301. The van der Waals surface area contributed by atoms with Crippen molar-refractivity contribution in [2.45, 2.75) is 44.9 Å². The van der Waals surface area contributed by atoms with Gasteiger partial charge in [0.2, 0.25) is 5.91 Å². The fourth-order valence-corrected chi connectivity index (χ4v) is 2.95. The number of carbonyl (C=O) groups excluding carboxylic acids is 1. The van der Waals surface area contributed by atoms with Crippen LogP contribution in [0.5, 0.6) is 0 Å². The summed E-state index contributed by atoms with van der Waals surface area (Å²) in [6, 6.07) is 8.40. The molecule has 1 aromatic rings. The Labute approximate surface area is 119 Å². The van der Waals surface area contributed by atoms with Gasteiger partial charge in [-0.15, -0.1) is 0 Å². The summed E-state index contributed by atoms with van der Waals surface area (Å²) < 4.78 is 5.84. The van der Waals surface area contributed by atoms with Crippen LogP contribution < -0.4 is 10.6 Å². The van der Waals surface area contributed by atoms with E-state index in [1.807, 2.05) is 18.2 Å². The van der Waals surface area contributed by atoms with Crippen LogP contribution in [0.4, 0.5) is 5.69 Å². The van der Waals surface area contributed by atoms with E-state index in [-0.39, 0.29) is 5.91 Å². The molecule has 1 saturated carbocycles. The molecule has 20 heavy (non-hydrogen) atoms. The maximum absolute atomic E-state index is 11.2. The summed E-state index contributed by atoms with van der Waals surface area (Å²) in [5.41, 5.74) is 2.03. The molecule has 2 fully saturated rings. The lowest BCUT2D eigenvalue weighted by molar-refractivity contribution is -0.114. The quantitative estimate of drug-likeness (QED) is 0.866. The number of anilines is 1. The van der Waals surface area contributed by atoms with E-state index in [1.54, 1.807) is 0 Å². The highest BCUT2D eigenvalue weighted by atomic mass is 16.5. The average molecular weight is 274 g/mol. The number of rotatable bonds is 5. The summed E-state index contributed by atoms with van der Waals surface area (Å²) in [5.74, 6) is 0.734. The van der Waals surface area contributed by atoms with E-state index in [1.165, 1.54) is 19.8 Å². The second-order valence-corrected chi connectivity index (χ2v) is 5.79. The molecule has 1 saturated heterocycles. The predicted octanol–water partition coefficient (Wildman–Crippen LogP) is 2.30. The molecule has 2 unspecified atom stereocenters. The van der Waals surface area contributed by atoms with Crippen LogP contribution in [0.15, 0.2) is 24.3 Å². The van der Waals surface area contributed by atoms with Crippen LogP contribution in [0, 0.1) is 5.92 Å². The van der Waals surface area contributed by atoms with Crippen molar-refractivity contribution < 1.29 is 9.53 Å². The van der Waals surface area contributed by atoms with Gasteiger partial charge in [-0.2, -0.15) is 0 Å². The standard InChI is InChI=1S/C16H22N2O2/c1-11(19)18-14-5-3-2-4-13(14)10-17-15-8-9-20-16(15)12-6-7-12/h2-5,12,15-17H,6-10H2,1H3,(H,18,19). The van der Waals surface area contributed by atoms with Crippen molar-refractivity contribution in [3.05, 3.63) is 29.8 Å². The smallest absolute Gasteiger partial charge is 0.221 e. The van der Waals surface area contributed by atoms with Gasteiger partial charge in [-0.3, -0.25) is 4.79 Å². The van der Waals surface area contributed by atoms with Crippen molar-refractivity contribution in [1.29, 1.82) is 0 Å². The minimum atomic E-state index is -0.0301. The van der Waals surface area contributed by atoms with Gasteiger partial charge in [0.1, 0.15) is 0 Å². The topological polar surface area (TPSA) is 50.4 Å². The largest absolute Gasteiger partial charge is 0.376 e. The van der Waals surface area contributed by atoms with Gasteiger partial charge in [0.15, 0.2) is 0 Å². The zero-order valence-electron chi connectivity index (χ0n) is 11.9. The Morgan fingerprint density at radius 2 is 2.10 bits per heavy atom. The Morgan fingerprint density at radius 3 is 2.85 bits per heavy atom. The molecular weight excluding hydrogens is 252 g/mol. The number of carbonyl (C=O) groups is 1. The molecule has 2 N–H and O–H groups in total. The molecule has 108 valence electrons. The lowest BCUT2D eigenvalue weighted by atomic mass is 10.1. The highest BCUT2D eigenvalue weighted by molar-refractivity contribution is 5.89. The Morgan fingerprint density at radius 1 is 1.30 bits per heavy atom. The van der Waals surface area contributed by atoms with Crippen LogP contribution >= 0.6 is 0 Å². The lowest BCUT2D eigenvalue weighted by Gasteiger charge is -2.20. The van der Waals surface area contributed by atoms with Gasteiger partial charge in [-0.05, 0) is 36.8 Å². The molecular formula is C16H22N2O2. The number of hydrogen-bond donors (Lipinski definition) is 2. The second-order valence-electron chi connectivity index (χ2n) is 5.79. The van der Waals surface area contributed by atoms with Gasteiger partial charge in [-0.1, -0.05) is 18.2 Å². The molecule has 0 spiro atoms. The van der Waals surface area contributed by atoms with Crippen molar-refractivity contribution in [1.82, 2.24) is 5.32 Å². The molecule has 1 aliphatic carbocycles. The third-order valence-corrected chi connectivity index (χ3v) is 4.11. The first kappa shape index (κ1) is 13.6. The highest BCUT2D eigenvalue weighted by Crippen LogP contribution is 2.38. The molecule has 1 aromatic carbocycles. The number of hydrogen-bond acceptors (Lipinski definition) is 3.